The minimum Gasteiger partial charge on any atom is -0.356 e. The van der Waals surface area contributed by atoms with Crippen molar-refractivity contribution in [2.75, 3.05) is 0 Å². The summed E-state index contributed by atoms with van der Waals surface area (Å²) < 4.78 is 45.0. The van der Waals surface area contributed by atoms with Crippen LogP contribution in [-0.4, -0.2) is 11.1 Å². The maximum Gasteiger partial charge on any atom is 0.226 e. The predicted molar refractivity (Wildman–Crippen MR) is 83.8 cm³/mol. The zero-order valence-corrected chi connectivity index (χ0v) is 12.9. The van der Waals surface area contributed by atoms with Gasteiger partial charge in [-0.05, 0) is 36.4 Å². The van der Waals surface area contributed by atoms with E-state index in [4.69, 9.17) is 4.52 Å². The second kappa shape index (κ2) is 7.21. The topological polar surface area (TPSA) is 55.1 Å². The molecule has 25 heavy (non-hydrogen) atoms. The molecule has 0 fully saturated rings. The fourth-order valence-electron chi connectivity index (χ4n) is 2.26. The van der Waals surface area contributed by atoms with Gasteiger partial charge < -0.3 is 9.84 Å². The minimum absolute atomic E-state index is 0.110. The molecule has 128 valence electrons. The van der Waals surface area contributed by atoms with Gasteiger partial charge in [-0.25, -0.2) is 13.2 Å². The van der Waals surface area contributed by atoms with Crippen LogP contribution in [0.5, 0.6) is 0 Å². The third-order valence-corrected chi connectivity index (χ3v) is 3.55. The third-order valence-electron chi connectivity index (χ3n) is 3.55. The number of carbonyl (C=O) groups is 1. The third kappa shape index (κ3) is 4.06. The summed E-state index contributed by atoms with van der Waals surface area (Å²) in [7, 11) is 0. The highest BCUT2D eigenvalue weighted by Gasteiger charge is 2.13. The molecule has 3 aromatic rings. The van der Waals surface area contributed by atoms with Gasteiger partial charge in [-0.1, -0.05) is 11.2 Å². The van der Waals surface area contributed by atoms with Crippen LogP contribution in [0.1, 0.15) is 11.3 Å². The summed E-state index contributed by atoms with van der Waals surface area (Å²) in [6.07, 6.45) is -0.110. The first kappa shape index (κ1) is 16.8. The van der Waals surface area contributed by atoms with Crippen LogP contribution in [0.3, 0.4) is 0 Å². The van der Waals surface area contributed by atoms with Gasteiger partial charge in [0.05, 0.1) is 12.1 Å². The molecule has 3 rings (SSSR count). The van der Waals surface area contributed by atoms with E-state index in [9.17, 15) is 18.0 Å². The molecule has 0 radical (unpaired) electrons. The number of benzene rings is 2. The van der Waals surface area contributed by atoms with Crippen LogP contribution in [0.4, 0.5) is 13.2 Å². The molecule has 1 heterocycles. The second-order valence-corrected chi connectivity index (χ2v) is 5.34. The molecule has 1 amide bonds. The van der Waals surface area contributed by atoms with E-state index in [1.165, 1.54) is 30.3 Å². The second-order valence-electron chi connectivity index (χ2n) is 5.34. The summed E-state index contributed by atoms with van der Waals surface area (Å²) in [6.45, 7) is -0.264. The van der Waals surface area contributed by atoms with Crippen LogP contribution < -0.4 is 5.32 Å². The predicted octanol–water partition coefficient (Wildman–Crippen LogP) is 3.62. The maximum atomic E-state index is 13.5. The fraction of sp³-hybridized carbons (Fsp3) is 0.111. The standard InChI is InChI=1S/C18H13F3N2O2/c19-12-6-4-11(5-7-12)17-8-13(23-25-17)9-18(24)22-10-14-15(20)2-1-3-16(14)21/h1-8H,9-10H2,(H,22,24). The first-order valence-electron chi connectivity index (χ1n) is 7.44. The number of rotatable bonds is 5. The molecule has 0 atom stereocenters. The summed E-state index contributed by atoms with van der Waals surface area (Å²) in [5.41, 5.74) is 0.767. The van der Waals surface area contributed by atoms with Gasteiger partial charge in [-0.15, -0.1) is 0 Å². The Hall–Kier alpha value is -3.09. The van der Waals surface area contributed by atoms with Gasteiger partial charge in [-0.2, -0.15) is 0 Å². The van der Waals surface area contributed by atoms with Crippen molar-refractivity contribution in [3.8, 4) is 11.3 Å². The molecule has 7 heteroatoms. The molecule has 0 aliphatic carbocycles. The first-order chi connectivity index (χ1) is 12.0. The highest BCUT2D eigenvalue weighted by Crippen LogP contribution is 2.20. The van der Waals surface area contributed by atoms with Gasteiger partial charge >= 0.3 is 0 Å². The number of hydrogen-bond acceptors (Lipinski definition) is 3. The lowest BCUT2D eigenvalue weighted by atomic mass is 10.1. The van der Waals surface area contributed by atoms with E-state index in [0.717, 1.165) is 12.1 Å². The van der Waals surface area contributed by atoms with Crippen molar-refractivity contribution in [3.05, 3.63) is 77.2 Å². The van der Waals surface area contributed by atoms with E-state index in [1.807, 2.05) is 0 Å². The van der Waals surface area contributed by atoms with Crippen molar-refractivity contribution in [2.45, 2.75) is 13.0 Å². The van der Waals surface area contributed by atoms with Crippen LogP contribution in [0.25, 0.3) is 11.3 Å². The van der Waals surface area contributed by atoms with Crippen molar-refractivity contribution in [2.24, 2.45) is 0 Å². The van der Waals surface area contributed by atoms with Gasteiger partial charge in [0.1, 0.15) is 17.5 Å². The van der Waals surface area contributed by atoms with E-state index in [1.54, 1.807) is 6.07 Å². The van der Waals surface area contributed by atoms with Crippen LogP contribution in [0.15, 0.2) is 53.1 Å². The van der Waals surface area contributed by atoms with E-state index in [2.05, 4.69) is 10.5 Å². The maximum absolute atomic E-state index is 13.5. The van der Waals surface area contributed by atoms with Crippen LogP contribution in [0.2, 0.25) is 0 Å². The van der Waals surface area contributed by atoms with Crippen molar-refractivity contribution >= 4 is 5.91 Å². The molecule has 0 aliphatic rings. The largest absolute Gasteiger partial charge is 0.356 e. The minimum atomic E-state index is -0.722. The Labute approximate surface area is 141 Å². The molecule has 0 saturated heterocycles. The zero-order chi connectivity index (χ0) is 17.8. The molecule has 0 unspecified atom stereocenters. The summed E-state index contributed by atoms with van der Waals surface area (Å²) in [6, 6.07) is 10.7. The number of amides is 1. The van der Waals surface area contributed by atoms with Crippen molar-refractivity contribution < 1.29 is 22.5 Å². The highest BCUT2D eigenvalue weighted by molar-refractivity contribution is 5.78. The molecular weight excluding hydrogens is 333 g/mol. The van der Waals surface area contributed by atoms with Gasteiger partial charge in [-0.3, -0.25) is 4.79 Å². The Balaban J connectivity index is 1.61. The summed E-state index contributed by atoms with van der Waals surface area (Å²) in [5, 5.41) is 6.20. The molecule has 4 nitrogen and oxygen atoms in total. The van der Waals surface area contributed by atoms with Crippen molar-refractivity contribution in [3.63, 3.8) is 0 Å². The number of halogens is 3. The Kier molecular flexibility index (Phi) is 4.83. The van der Waals surface area contributed by atoms with E-state index >= 15 is 0 Å². The van der Waals surface area contributed by atoms with Gasteiger partial charge in [0.15, 0.2) is 5.76 Å². The molecule has 1 aromatic heterocycles. The lowest BCUT2D eigenvalue weighted by molar-refractivity contribution is -0.120. The van der Waals surface area contributed by atoms with E-state index < -0.39 is 17.5 Å². The van der Waals surface area contributed by atoms with E-state index in [-0.39, 0.29) is 24.3 Å². The molecule has 0 spiro atoms. The van der Waals surface area contributed by atoms with Crippen LogP contribution in [-0.2, 0) is 17.8 Å². The number of carbonyl (C=O) groups excluding carboxylic acids is 1. The lowest BCUT2D eigenvalue weighted by Crippen LogP contribution is -2.25. The summed E-state index contributed by atoms with van der Waals surface area (Å²) >= 11 is 0. The van der Waals surface area contributed by atoms with E-state index in [0.29, 0.717) is 17.0 Å². The summed E-state index contributed by atoms with van der Waals surface area (Å²) in [5.74, 6) is -1.88. The number of nitrogens with zero attached hydrogens (tertiary/aromatic N) is 1. The average Bonchev–Trinajstić information content (AvgIpc) is 3.03. The Morgan fingerprint density at radius 1 is 1.04 bits per heavy atom. The Morgan fingerprint density at radius 3 is 2.40 bits per heavy atom. The molecule has 0 saturated carbocycles. The smallest absolute Gasteiger partial charge is 0.226 e. The monoisotopic (exact) mass is 346 g/mol. The fourth-order valence-corrected chi connectivity index (χ4v) is 2.26. The highest BCUT2D eigenvalue weighted by atomic mass is 19.1. The number of aromatic nitrogens is 1. The SMILES string of the molecule is O=C(Cc1cc(-c2ccc(F)cc2)on1)NCc1c(F)cccc1F. The normalized spacial score (nSPS) is 10.7. The Bertz CT molecular complexity index is 871. The van der Waals surface area contributed by atoms with Crippen molar-refractivity contribution in [1.29, 1.82) is 0 Å². The average molecular weight is 346 g/mol. The molecule has 0 bridgehead atoms. The van der Waals surface area contributed by atoms with Crippen LogP contribution in [0, 0.1) is 17.5 Å². The molecular formula is C18H13F3N2O2. The van der Waals surface area contributed by atoms with Gasteiger partial charge in [0.25, 0.3) is 0 Å². The van der Waals surface area contributed by atoms with Gasteiger partial charge in [0, 0.05) is 23.7 Å². The van der Waals surface area contributed by atoms with Crippen molar-refractivity contribution in [1.82, 2.24) is 10.5 Å². The first-order valence-corrected chi connectivity index (χ1v) is 7.44. The number of hydrogen-bond donors (Lipinski definition) is 1. The number of nitrogens with one attached hydrogen (secondary N) is 1. The molecule has 1 N–H and O–H groups in total. The molecule has 0 aliphatic heterocycles. The van der Waals surface area contributed by atoms with Gasteiger partial charge in [0.2, 0.25) is 5.91 Å². The zero-order valence-electron chi connectivity index (χ0n) is 12.9. The van der Waals surface area contributed by atoms with Crippen LogP contribution >= 0.6 is 0 Å². The molecule has 2 aromatic carbocycles. The quantitative estimate of drug-likeness (QED) is 0.768. The Morgan fingerprint density at radius 2 is 1.72 bits per heavy atom. The summed E-state index contributed by atoms with van der Waals surface area (Å²) in [4.78, 5) is 11.9. The lowest BCUT2D eigenvalue weighted by Gasteiger charge is -2.06.